The molecule has 1 atom stereocenters. The van der Waals surface area contributed by atoms with Gasteiger partial charge in [0.25, 0.3) is 0 Å². The molecule has 0 aliphatic rings. The highest BCUT2D eigenvalue weighted by atomic mass is 16.2. The molecule has 2 amide bonds. The van der Waals surface area contributed by atoms with Gasteiger partial charge in [-0.25, -0.2) is 4.79 Å². The lowest BCUT2D eigenvalue weighted by atomic mass is 10.1. The van der Waals surface area contributed by atoms with E-state index in [1.807, 2.05) is 18.2 Å². The van der Waals surface area contributed by atoms with Crippen molar-refractivity contribution in [1.29, 1.82) is 0 Å². The second-order valence-corrected chi connectivity index (χ2v) is 4.23. The summed E-state index contributed by atoms with van der Waals surface area (Å²) in [6, 6.07) is 8.07. The van der Waals surface area contributed by atoms with Gasteiger partial charge in [-0.3, -0.25) is 0 Å². The summed E-state index contributed by atoms with van der Waals surface area (Å²) in [5, 5.41) is 6.18. The highest BCUT2D eigenvalue weighted by Crippen LogP contribution is 2.17. The second-order valence-electron chi connectivity index (χ2n) is 4.23. The van der Waals surface area contributed by atoms with Gasteiger partial charge in [-0.1, -0.05) is 19.1 Å². The quantitative estimate of drug-likeness (QED) is 0.842. The number of nitrogens with zero attached hydrogens (tertiary/aromatic N) is 1. The molecule has 17 heavy (non-hydrogen) atoms. The average Bonchev–Trinajstić information content (AvgIpc) is 2.29. The van der Waals surface area contributed by atoms with Crippen LogP contribution >= 0.6 is 0 Å². The fourth-order valence-electron chi connectivity index (χ4n) is 1.55. The zero-order valence-corrected chi connectivity index (χ0v) is 10.9. The van der Waals surface area contributed by atoms with E-state index in [-0.39, 0.29) is 12.1 Å². The molecule has 0 radical (unpaired) electrons. The number of amides is 2. The van der Waals surface area contributed by atoms with Gasteiger partial charge in [0.1, 0.15) is 0 Å². The van der Waals surface area contributed by atoms with Crippen molar-refractivity contribution in [1.82, 2.24) is 10.2 Å². The Bertz CT molecular complexity index is 377. The van der Waals surface area contributed by atoms with E-state index in [1.54, 1.807) is 14.1 Å². The van der Waals surface area contributed by atoms with E-state index >= 15 is 0 Å². The van der Waals surface area contributed by atoms with Gasteiger partial charge >= 0.3 is 6.03 Å². The van der Waals surface area contributed by atoms with E-state index in [0.717, 1.165) is 12.2 Å². The van der Waals surface area contributed by atoms with Gasteiger partial charge in [0.2, 0.25) is 0 Å². The van der Waals surface area contributed by atoms with Crippen LogP contribution < -0.4 is 10.6 Å². The number of hydrogen-bond acceptors (Lipinski definition) is 2. The Labute approximate surface area is 103 Å². The third kappa shape index (κ3) is 4.07. The second kappa shape index (κ2) is 6.25. The third-order valence-electron chi connectivity index (χ3n) is 2.55. The fourth-order valence-corrected chi connectivity index (χ4v) is 1.55. The number of nitrogens with one attached hydrogen (secondary N) is 2. The van der Waals surface area contributed by atoms with Crippen molar-refractivity contribution in [3.05, 3.63) is 29.8 Å². The van der Waals surface area contributed by atoms with E-state index in [1.165, 1.54) is 10.5 Å². The molecule has 0 saturated heterocycles. The van der Waals surface area contributed by atoms with E-state index in [4.69, 9.17) is 0 Å². The van der Waals surface area contributed by atoms with Gasteiger partial charge in [-0.15, -0.1) is 0 Å². The van der Waals surface area contributed by atoms with E-state index in [2.05, 4.69) is 30.5 Å². The van der Waals surface area contributed by atoms with Crippen LogP contribution in [0.4, 0.5) is 10.5 Å². The lowest BCUT2D eigenvalue weighted by Gasteiger charge is -2.16. The lowest BCUT2D eigenvalue weighted by Crippen LogP contribution is -2.27. The van der Waals surface area contributed by atoms with Gasteiger partial charge in [-0.2, -0.15) is 0 Å². The number of anilines is 1. The minimum Gasteiger partial charge on any atom is -0.331 e. The summed E-state index contributed by atoms with van der Waals surface area (Å²) in [6.07, 6.45) is 0. The Morgan fingerprint density at radius 2 is 2.12 bits per heavy atom. The number of urea groups is 1. The molecular formula is C13H21N3O. The minimum atomic E-state index is -0.113. The number of carbonyl (C=O) groups is 1. The predicted molar refractivity (Wildman–Crippen MR) is 71.2 cm³/mol. The molecule has 0 heterocycles. The maximum Gasteiger partial charge on any atom is 0.321 e. The van der Waals surface area contributed by atoms with Gasteiger partial charge in [0.05, 0.1) is 0 Å². The summed E-state index contributed by atoms with van der Waals surface area (Å²) in [7, 11) is 3.45. The van der Waals surface area contributed by atoms with Crippen LogP contribution in [0.2, 0.25) is 0 Å². The molecule has 0 aromatic heterocycles. The monoisotopic (exact) mass is 235 g/mol. The average molecular weight is 235 g/mol. The van der Waals surface area contributed by atoms with Crippen LogP contribution in [0.1, 0.15) is 25.5 Å². The number of carbonyl (C=O) groups excluding carboxylic acids is 1. The Balaban J connectivity index is 2.75. The van der Waals surface area contributed by atoms with Crippen molar-refractivity contribution in [3.63, 3.8) is 0 Å². The van der Waals surface area contributed by atoms with E-state index < -0.39 is 0 Å². The molecule has 0 saturated carbocycles. The first-order valence-corrected chi connectivity index (χ1v) is 5.86. The topological polar surface area (TPSA) is 44.4 Å². The Hall–Kier alpha value is -1.55. The summed E-state index contributed by atoms with van der Waals surface area (Å²) < 4.78 is 0. The molecular weight excluding hydrogens is 214 g/mol. The summed E-state index contributed by atoms with van der Waals surface area (Å²) in [5.74, 6) is 0. The molecule has 1 aromatic rings. The highest BCUT2D eigenvalue weighted by molar-refractivity contribution is 5.88. The van der Waals surface area contributed by atoms with Crippen molar-refractivity contribution in [2.45, 2.75) is 19.9 Å². The molecule has 4 nitrogen and oxygen atoms in total. The summed E-state index contributed by atoms with van der Waals surface area (Å²) >= 11 is 0. The maximum atomic E-state index is 11.5. The van der Waals surface area contributed by atoms with Gasteiger partial charge in [-0.05, 0) is 31.2 Å². The molecule has 0 fully saturated rings. The summed E-state index contributed by atoms with van der Waals surface area (Å²) in [4.78, 5) is 13.0. The summed E-state index contributed by atoms with van der Waals surface area (Å²) in [6.45, 7) is 5.11. The van der Waals surface area contributed by atoms with Crippen LogP contribution in [0.25, 0.3) is 0 Å². The molecule has 1 unspecified atom stereocenters. The van der Waals surface area contributed by atoms with Crippen molar-refractivity contribution in [3.8, 4) is 0 Å². The zero-order valence-electron chi connectivity index (χ0n) is 10.9. The highest BCUT2D eigenvalue weighted by Gasteiger charge is 2.07. The molecule has 1 rings (SSSR count). The maximum absolute atomic E-state index is 11.5. The molecule has 4 heteroatoms. The standard InChI is InChI=1S/C13H21N3O/c1-5-14-10(2)11-7-6-8-12(9-11)15-13(17)16(3)4/h6-10,14H,5H2,1-4H3,(H,15,17). The molecule has 0 aliphatic carbocycles. The lowest BCUT2D eigenvalue weighted by molar-refractivity contribution is 0.230. The molecule has 0 aliphatic heterocycles. The Kier molecular flexibility index (Phi) is 4.97. The normalized spacial score (nSPS) is 12.0. The first kappa shape index (κ1) is 13.5. The molecule has 0 bridgehead atoms. The first-order valence-electron chi connectivity index (χ1n) is 5.86. The Morgan fingerprint density at radius 3 is 2.71 bits per heavy atom. The Morgan fingerprint density at radius 1 is 1.41 bits per heavy atom. The minimum absolute atomic E-state index is 0.113. The van der Waals surface area contributed by atoms with Crippen molar-refractivity contribution in [2.24, 2.45) is 0 Å². The van der Waals surface area contributed by atoms with Crippen molar-refractivity contribution < 1.29 is 4.79 Å². The molecule has 94 valence electrons. The van der Waals surface area contributed by atoms with Crippen molar-refractivity contribution in [2.75, 3.05) is 26.0 Å². The SMILES string of the molecule is CCNC(C)c1cccc(NC(=O)N(C)C)c1. The molecule has 2 N–H and O–H groups in total. The van der Waals surface area contributed by atoms with Crippen molar-refractivity contribution >= 4 is 11.7 Å². The number of hydrogen-bond donors (Lipinski definition) is 2. The largest absolute Gasteiger partial charge is 0.331 e. The van der Waals surface area contributed by atoms with Crippen LogP contribution in [-0.2, 0) is 0 Å². The van der Waals surface area contributed by atoms with Gasteiger partial charge in [0, 0.05) is 25.8 Å². The fraction of sp³-hybridized carbons (Fsp3) is 0.462. The number of benzene rings is 1. The number of rotatable bonds is 4. The van der Waals surface area contributed by atoms with E-state index in [0.29, 0.717) is 0 Å². The molecule has 0 spiro atoms. The third-order valence-corrected chi connectivity index (χ3v) is 2.55. The van der Waals surface area contributed by atoms with Crippen LogP contribution in [0.3, 0.4) is 0 Å². The zero-order chi connectivity index (χ0) is 12.8. The predicted octanol–water partition coefficient (Wildman–Crippen LogP) is 2.45. The van der Waals surface area contributed by atoms with Crippen LogP contribution in [-0.4, -0.2) is 31.6 Å². The van der Waals surface area contributed by atoms with Crippen LogP contribution in [0.5, 0.6) is 0 Å². The molecule has 1 aromatic carbocycles. The van der Waals surface area contributed by atoms with Gasteiger partial charge < -0.3 is 15.5 Å². The van der Waals surface area contributed by atoms with Gasteiger partial charge in [0.15, 0.2) is 0 Å². The first-order chi connectivity index (χ1) is 8.04. The summed E-state index contributed by atoms with van der Waals surface area (Å²) in [5.41, 5.74) is 1.99. The van der Waals surface area contributed by atoms with Crippen LogP contribution in [0.15, 0.2) is 24.3 Å². The van der Waals surface area contributed by atoms with Crippen LogP contribution in [0, 0.1) is 0 Å². The smallest absolute Gasteiger partial charge is 0.321 e. The van der Waals surface area contributed by atoms with E-state index in [9.17, 15) is 4.79 Å².